The summed E-state index contributed by atoms with van der Waals surface area (Å²) in [6.45, 7) is 3.25. The van der Waals surface area contributed by atoms with Crippen LogP contribution >= 0.6 is 11.6 Å². The first-order chi connectivity index (χ1) is 12.1. The van der Waals surface area contributed by atoms with Crippen molar-refractivity contribution in [1.82, 2.24) is 9.21 Å². The van der Waals surface area contributed by atoms with Crippen molar-refractivity contribution in [2.24, 2.45) is 0 Å². The molecular weight excluding hydrogens is 378 g/mol. The minimum Gasteiger partial charge on any atom is -0.377 e. The van der Waals surface area contributed by atoms with Gasteiger partial charge in [0.25, 0.3) is 0 Å². The molecule has 2 atom stereocenters. The van der Waals surface area contributed by atoms with Gasteiger partial charge in [0.2, 0.25) is 15.9 Å². The van der Waals surface area contributed by atoms with E-state index in [4.69, 9.17) is 16.3 Å². The summed E-state index contributed by atoms with van der Waals surface area (Å²) >= 11 is 6.03. The van der Waals surface area contributed by atoms with Crippen LogP contribution in [-0.2, 0) is 19.6 Å². The summed E-state index contributed by atoms with van der Waals surface area (Å²) in [5, 5.41) is 2.87. The van der Waals surface area contributed by atoms with Crippen LogP contribution in [0.25, 0.3) is 0 Å². The normalized spacial score (nSPS) is 19.1. The number of benzene rings is 1. The molecular formula is C17H26ClN3O4S. The van der Waals surface area contributed by atoms with Gasteiger partial charge in [0.15, 0.2) is 0 Å². The molecule has 0 bridgehead atoms. The van der Waals surface area contributed by atoms with Gasteiger partial charge in [-0.2, -0.15) is 0 Å². The molecule has 1 saturated heterocycles. The first kappa shape index (κ1) is 21.1. The van der Waals surface area contributed by atoms with Crippen LogP contribution in [-0.4, -0.2) is 70.0 Å². The number of hydrogen-bond acceptors (Lipinski definition) is 5. The highest BCUT2D eigenvalue weighted by Gasteiger charge is 2.25. The molecule has 7 nitrogen and oxygen atoms in total. The molecule has 1 amide bonds. The minimum absolute atomic E-state index is 0.0395. The summed E-state index contributed by atoms with van der Waals surface area (Å²) in [7, 11) is 1.03. The Hall–Kier alpha value is -1.19. The number of nitrogens with zero attached hydrogens (tertiary/aromatic N) is 2. The van der Waals surface area contributed by atoms with Crippen LogP contribution in [0.5, 0.6) is 0 Å². The Labute approximate surface area is 160 Å². The van der Waals surface area contributed by atoms with E-state index in [1.54, 1.807) is 13.0 Å². The molecule has 9 heteroatoms. The van der Waals surface area contributed by atoms with E-state index in [-0.39, 0.29) is 28.0 Å². The molecule has 1 fully saturated rings. The van der Waals surface area contributed by atoms with Crippen molar-refractivity contribution in [3.63, 3.8) is 0 Å². The molecule has 2 unspecified atom stereocenters. The molecule has 2 rings (SSSR count). The molecule has 26 heavy (non-hydrogen) atoms. The average molecular weight is 404 g/mol. The van der Waals surface area contributed by atoms with E-state index in [0.29, 0.717) is 12.2 Å². The molecule has 146 valence electrons. The fraction of sp³-hybridized carbons (Fsp3) is 0.588. The zero-order chi connectivity index (χ0) is 19.5. The fourth-order valence-corrected chi connectivity index (χ4v) is 4.08. The van der Waals surface area contributed by atoms with Crippen LogP contribution in [0.1, 0.15) is 19.8 Å². The van der Waals surface area contributed by atoms with Gasteiger partial charge in [0.1, 0.15) is 4.90 Å². The van der Waals surface area contributed by atoms with Crippen molar-refractivity contribution in [3.8, 4) is 0 Å². The first-order valence-electron chi connectivity index (χ1n) is 8.47. The topological polar surface area (TPSA) is 79.0 Å². The summed E-state index contributed by atoms with van der Waals surface area (Å²) in [6, 6.07) is 4.04. The molecule has 1 aromatic rings. The Balaban J connectivity index is 2.08. The minimum atomic E-state index is -3.70. The van der Waals surface area contributed by atoms with E-state index in [1.807, 2.05) is 11.9 Å². The standard InChI is InChI=1S/C17H26ClN3O4S/c1-12(21(4)11-14-6-5-9-25-14)17(22)19-13-7-8-15(18)16(10-13)26(23,24)20(2)3/h7-8,10,12,14H,5-6,9,11H2,1-4H3,(H,19,22). The third-order valence-corrected chi connectivity index (χ3v) is 6.81. The summed E-state index contributed by atoms with van der Waals surface area (Å²) < 4.78 is 31.3. The number of sulfonamides is 1. The van der Waals surface area contributed by atoms with Crippen molar-refractivity contribution in [1.29, 1.82) is 0 Å². The number of rotatable bonds is 7. The second-order valence-corrected chi connectivity index (χ2v) is 9.20. The summed E-state index contributed by atoms with van der Waals surface area (Å²) in [6.07, 6.45) is 2.21. The maximum absolute atomic E-state index is 12.5. The van der Waals surface area contributed by atoms with Gasteiger partial charge in [0.05, 0.1) is 17.2 Å². The predicted molar refractivity (Wildman–Crippen MR) is 102 cm³/mol. The maximum Gasteiger partial charge on any atom is 0.244 e. The quantitative estimate of drug-likeness (QED) is 0.753. The number of carbonyl (C=O) groups is 1. The zero-order valence-corrected chi connectivity index (χ0v) is 17.1. The molecule has 1 aromatic carbocycles. The number of nitrogens with one attached hydrogen (secondary N) is 1. The SMILES string of the molecule is CC(C(=O)Nc1ccc(Cl)c(S(=O)(=O)N(C)C)c1)N(C)CC1CCCO1. The van der Waals surface area contributed by atoms with E-state index < -0.39 is 10.0 Å². The maximum atomic E-state index is 12.5. The van der Waals surface area contributed by atoms with Gasteiger partial charge in [-0.15, -0.1) is 0 Å². The van der Waals surface area contributed by atoms with Gasteiger partial charge in [-0.05, 0) is 45.0 Å². The largest absolute Gasteiger partial charge is 0.377 e. The van der Waals surface area contributed by atoms with Gasteiger partial charge in [0, 0.05) is 32.9 Å². The second-order valence-electron chi connectivity index (χ2n) is 6.67. The Morgan fingerprint density at radius 2 is 2.08 bits per heavy atom. The number of carbonyl (C=O) groups excluding carboxylic acids is 1. The predicted octanol–water partition coefficient (Wildman–Crippen LogP) is 2.03. The first-order valence-corrected chi connectivity index (χ1v) is 10.3. The van der Waals surface area contributed by atoms with Gasteiger partial charge in [-0.25, -0.2) is 12.7 Å². The third kappa shape index (κ3) is 4.95. The van der Waals surface area contributed by atoms with Crippen LogP contribution in [0.15, 0.2) is 23.1 Å². The van der Waals surface area contributed by atoms with Crippen LogP contribution < -0.4 is 5.32 Å². The Kier molecular flexibility index (Phi) is 7.04. The highest BCUT2D eigenvalue weighted by Crippen LogP contribution is 2.27. The summed E-state index contributed by atoms with van der Waals surface area (Å²) in [4.78, 5) is 14.4. The van der Waals surface area contributed by atoms with Crippen molar-refractivity contribution < 1.29 is 17.9 Å². The number of halogens is 1. The Morgan fingerprint density at radius 1 is 1.38 bits per heavy atom. The van der Waals surface area contributed by atoms with Gasteiger partial charge in [-0.3, -0.25) is 9.69 Å². The molecule has 0 aliphatic carbocycles. The van der Waals surface area contributed by atoms with Crippen molar-refractivity contribution in [3.05, 3.63) is 23.2 Å². The second kappa shape index (κ2) is 8.67. The lowest BCUT2D eigenvalue weighted by atomic mass is 10.2. The molecule has 0 spiro atoms. The zero-order valence-electron chi connectivity index (χ0n) is 15.5. The lowest BCUT2D eigenvalue weighted by Crippen LogP contribution is -2.43. The molecule has 1 N–H and O–H groups in total. The number of hydrogen-bond donors (Lipinski definition) is 1. The van der Waals surface area contributed by atoms with Crippen molar-refractivity contribution in [2.45, 2.75) is 36.8 Å². The number of amides is 1. The fourth-order valence-electron chi connectivity index (χ4n) is 2.69. The van der Waals surface area contributed by atoms with E-state index in [0.717, 1.165) is 23.8 Å². The van der Waals surface area contributed by atoms with Gasteiger partial charge >= 0.3 is 0 Å². The highest BCUT2D eigenvalue weighted by atomic mass is 35.5. The molecule has 0 saturated carbocycles. The monoisotopic (exact) mass is 403 g/mol. The van der Waals surface area contributed by atoms with E-state index in [1.165, 1.54) is 26.2 Å². The lowest BCUT2D eigenvalue weighted by Gasteiger charge is -2.26. The van der Waals surface area contributed by atoms with Crippen LogP contribution in [0.4, 0.5) is 5.69 Å². The molecule has 0 aromatic heterocycles. The molecule has 0 radical (unpaired) electrons. The Bertz CT molecular complexity index is 748. The molecule has 1 heterocycles. The number of likely N-dealkylation sites (N-methyl/N-ethyl adjacent to an activating group) is 1. The summed E-state index contributed by atoms with van der Waals surface area (Å²) in [5.74, 6) is -0.221. The van der Waals surface area contributed by atoms with E-state index in [9.17, 15) is 13.2 Å². The highest BCUT2D eigenvalue weighted by molar-refractivity contribution is 7.89. The van der Waals surface area contributed by atoms with Crippen LogP contribution in [0.3, 0.4) is 0 Å². The van der Waals surface area contributed by atoms with Gasteiger partial charge < -0.3 is 10.1 Å². The smallest absolute Gasteiger partial charge is 0.244 e. The van der Waals surface area contributed by atoms with E-state index in [2.05, 4.69) is 5.32 Å². The number of ether oxygens (including phenoxy) is 1. The lowest BCUT2D eigenvalue weighted by molar-refractivity contribution is -0.120. The summed E-state index contributed by atoms with van der Waals surface area (Å²) in [5.41, 5.74) is 0.386. The van der Waals surface area contributed by atoms with E-state index >= 15 is 0 Å². The van der Waals surface area contributed by atoms with Crippen LogP contribution in [0.2, 0.25) is 5.02 Å². The third-order valence-electron chi connectivity index (χ3n) is 4.51. The Morgan fingerprint density at radius 3 is 2.65 bits per heavy atom. The number of anilines is 1. The molecule has 1 aliphatic heterocycles. The van der Waals surface area contributed by atoms with Crippen molar-refractivity contribution in [2.75, 3.05) is 39.6 Å². The molecule has 1 aliphatic rings. The van der Waals surface area contributed by atoms with Crippen molar-refractivity contribution >= 4 is 33.2 Å². The van der Waals surface area contributed by atoms with Gasteiger partial charge in [-0.1, -0.05) is 11.6 Å². The van der Waals surface area contributed by atoms with Crippen LogP contribution in [0, 0.1) is 0 Å². The average Bonchev–Trinajstić information content (AvgIpc) is 3.08.